The normalized spacial score (nSPS) is 9.67. The molecule has 0 aromatic heterocycles. The van der Waals surface area contributed by atoms with Crippen LogP contribution in [0.1, 0.15) is 12.0 Å². The van der Waals surface area contributed by atoms with Gasteiger partial charge >= 0.3 is 0 Å². The predicted octanol–water partition coefficient (Wildman–Crippen LogP) is 2.35. The van der Waals surface area contributed by atoms with Gasteiger partial charge in [0.05, 0.1) is 0 Å². The molecule has 0 saturated carbocycles. The van der Waals surface area contributed by atoms with Crippen molar-refractivity contribution >= 4 is 0 Å². The van der Waals surface area contributed by atoms with E-state index in [-0.39, 0.29) is 0 Å². The summed E-state index contributed by atoms with van der Waals surface area (Å²) >= 11 is 0. The Hall–Kier alpha value is -1.08. The van der Waals surface area contributed by atoms with Crippen molar-refractivity contribution in [3.8, 4) is 0 Å². The Balaban J connectivity index is 2.20. The maximum Gasteiger partial charge on any atom is 0.0205 e. The highest BCUT2D eigenvalue weighted by Gasteiger charge is 1.87. The fourth-order valence-corrected chi connectivity index (χ4v) is 1.03. The number of hydrogen-bond donors (Lipinski definition) is 1. The summed E-state index contributed by atoms with van der Waals surface area (Å²) in [6, 6.07) is 10.4. The zero-order valence-electron chi connectivity index (χ0n) is 7.29. The lowest BCUT2D eigenvalue weighted by atomic mass is 10.2. The highest BCUT2D eigenvalue weighted by Crippen LogP contribution is 1.96. The van der Waals surface area contributed by atoms with E-state index >= 15 is 0 Å². The van der Waals surface area contributed by atoms with Crippen LogP contribution in [-0.4, -0.2) is 6.54 Å². The minimum atomic E-state index is 0.953. The quantitative estimate of drug-likeness (QED) is 0.516. The molecule has 0 spiro atoms. The third-order valence-corrected chi connectivity index (χ3v) is 1.70. The molecule has 1 aromatic carbocycles. The van der Waals surface area contributed by atoms with E-state index in [1.807, 2.05) is 12.1 Å². The third-order valence-electron chi connectivity index (χ3n) is 1.70. The first-order valence-corrected chi connectivity index (χ1v) is 4.29. The van der Waals surface area contributed by atoms with E-state index in [4.69, 9.17) is 0 Å². The average Bonchev–Trinajstić information content (AvgIpc) is 2.14. The lowest BCUT2D eigenvalue weighted by Crippen LogP contribution is -2.13. The van der Waals surface area contributed by atoms with Crippen LogP contribution in [0.2, 0.25) is 0 Å². The van der Waals surface area contributed by atoms with Gasteiger partial charge in [-0.2, -0.15) is 0 Å². The predicted molar refractivity (Wildman–Crippen MR) is 53.0 cm³/mol. The standard InChI is InChI=1S/C11H15N/c1-2-3-9-12-10-11-7-5-4-6-8-11/h2,4-8,12H,1,3,9-10H2. The van der Waals surface area contributed by atoms with Gasteiger partial charge in [0.15, 0.2) is 0 Å². The van der Waals surface area contributed by atoms with Crippen molar-refractivity contribution in [1.29, 1.82) is 0 Å². The lowest BCUT2D eigenvalue weighted by Gasteiger charge is -2.01. The summed E-state index contributed by atoms with van der Waals surface area (Å²) < 4.78 is 0. The first-order chi connectivity index (χ1) is 5.93. The van der Waals surface area contributed by atoms with Gasteiger partial charge in [0, 0.05) is 6.54 Å². The second kappa shape index (κ2) is 5.56. The molecule has 0 unspecified atom stereocenters. The molecule has 64 valence electrons. The molecule has 0 heterocycles. The van der Waals surface area contributed by atoms with E-state index in [2.05, 4.69) is 36.2 Å². The smallest absolute Gasteiger partial charge is 0.0205 e. The van der Waals surface area contributed by atoms with Crippen molar-refractivity contribution in [1.82, 2.24) is 5.32 Å². The fourth-order valence-electron chi connectivity index (χ4n) is 1.03. The SMILES string of the molecule is C=CCCNCc1ccccc1. The Morgan fingerprint density at radius 2 is 2.00 bits per heavy atom. The molecule has 0 aliphatic carbocycles. The summed E-state index contributed by atoms with van der Waals surface area (Å²) in [7, 11) is 0. The first-order valence-electron chi connectivity index (χ1n) is 4.29. The zero-order chi connectivity index (χ0) is 8.65. The van der Waals surface area contributed by atoms with Gasteiger partial charge < -0.3 is 5.32 Å². The Kier molecular flexibility index (Phi) is 4.17. The van der Waals surface area contributed by atoms with Crippen molar-refractivity contribution in [3.63, 3.8) is 0 Å². The lowest BCUT2D eigenvalue weighted by molar-refractivity contribution is 0.696. The molecule has 0 amide bonds. The highest BCUT2D eigenvalue weighted by atomic mass is 14.8. The summed E-state index contributed by atoms with van der Waals surface area (Å²) in [5.41, 5.74) is 1.33. The van der Waals surface area contributed by atoms with Crippen molar-refractivity contribution in [2.75, 3.05) is 6.54 Å². The van der Waals surface area contributed by atoms with Crippen LogP contribution in [0, 0.1) is 0 Å². The summed E-state index contributed by atoms with van der Waals surface area (Å²) in [4.78, 5) is 0. The van der Waals surface area contributed by atoms with Crippen LogP contribution in [0.3, 0.4) is 0 Å². The van der Waals surface area contributed by atoms with Crippen molar-refractivity contribution < 1.29 is 0 Å². The van der Waals surface area contributed by atoms with Crippen molar-refractivity contribution in [2.24, 2.45) is 0 Å². The molecular formula is C11H15N. The largest absolute Gasteiger partial charge is 0.312 e. The van der Waals surface area contributed by atoms with Crippen LogP contribution in [0.4, 0.5) is 0 Å². The van der Waals surface area contributed by atoms with Gasteiger partial charge in [0.2, 0.25) is 0 Å². The molecule has 0 bridgehead atoms. The Morgan fingerprint density at radius 3 is 2.67 bits per heavy atom. The van der Waals surface area contributed by atoms with E-state index in [1.54, 1.807) is 0 Å². The van der Waals surface area contributed by atoms with E-state index in [1.165, 1.54) is 5.56 Å². The van der Waals surface area contributed by atoms with Crippen molar-refractivity contribution in [2.45, 2.75) is 13.0 Å². The van der Waals surface area contributed by atoms with Crippen LogP contribution in [0.25, 0.3) is 0 Å². The van der Waals surface area contributed by atoms with Crippen LogP contribution < -0.4 is 5.32 Å². The van der Waals surface area contributed by atoms with Gasteiger partial charge in [-0.1, -0.05) is 36.4 Å². The van der Waals surface area contributed by atoms with Crippen LogP contribution in [0.5, 0.6) is 0 Å². The maximum absolute atomic E-state index is 3.67. The Labute approximate surface area is 74.1 Å². The van der Waals surface area contributed by atoms with Gasteiger partial charge in [-0.3, -0.25) is 0 Å². The molecule has 12 heavy (non-hydrogen) atoms. The van der Waals surface area contributed by atoms with E-state index in [0.29, 0.717) is 0 Å². The Morgan fingerprint density at radius 1 is 1.25 bits per heavy atom. The molecule has 0 saturated heterocycles. The molecule has 0 atom stereocenters. The van der Waals surface area contributed by atoms with Crippen molar-refractivity contribution in [3.05, 3.63) is 48.6 Å². The molecule has 0 aliphatic rings. The summed E-state index contributed by atoms with van der Waals surface area (Å²) in [5, 5.41) is 3.33. The summed E-state index contributed by atoms with van der Waals surface area (Å²) in [6.07, 6.45) is 2.96. The molecule has 0 fully saturated rings. The topological polar surface area (TPSA) is 12.0 Å². The summed E-state index contributed by atoms with van der Waals surface area (Å²) in [5.74, 6) is 0. The molecule has 1 aromatic rings. The maximum atomic E-state index is 3.67. The number of benzene rings is 1. The minimum absolute atomic E-state index is 0.953. The van der Waals surface area contributed by atoms with Gasteiger partial charge in [-0.15, -0.1) is 6.58 Å². The Bertz CT molecular complexity index is 216. The van der Waals surface area contributed by atoms with E-state index < -0.39 is 0 Å². The van der Waals surface area contributed by atoms with Gasteiger partial charge in [0.1, 0.15) is 0 Å². The van der Waals surface area contributed by atoms with E-state index in [0.717, 1.165) is 19.5 Å². The monoisotopic (exact) mass is 161 g/mol. The van der Waals surface area contributed by atoms with Gasteiger partial charge in [-0.05, 0) is 18.5 Å². The molecule has 0 aliphatic heterocycles. The molecule has 1 N–H and O–H groups in total. The number of hydrogen-bond acceptors (Lipinski definition) is 1. The molecule has 1 heteroatoms. The second-order valence-corrected chi connectivity index (χ2v) is 2.74. The molecular weight excluding hydrogens is 146 g/mol. The molecule has 1 rings (SSSR count). The van der Waals surface area contributed by atoms with Crippen LogP contribution >= 0.6 is 0 Å². The molecule has 0 radical (unpaired) electrons. The van der Waals surface area contributed by atoms with Gasteiger partial charge in [-0.25, -0.2) is 0 Å². The van der Waals surface area contributed by atoms with Gasteiger partial charge in [0.25, 0.3) is 0 Å². The molecule has 1 nitrogen and oxygen atoms in total. The van der Waals surface area contributed by atoms with Crippen LogP contribution in [0.15, 0.2) is 43.0 Å². The second-order valence-electron chi connectivity index (χ2n) is 2.74. The van der Waals surface area contributed by atoms with E-state index in [9.17, 15) is 0 Å². The third kappa shape index (κ3) is 3.35. The van der Waals surface area contributed by atoms with Crippen LogP contribution in [-0.2, 0) is 6.54 Å². The number of nitrogens with one attached hydrogen (secondary N) is 1. The fraction of sp³-hybridized carbons (Fsp3) is 0.273. The highest BCUT2D eigenvalue weighted by molar-refractivity contribution is 5.14. The minimum Gasteiger partial charge on any atom is -0.312 e. The first kappa shape index (κ1) is 9.01. The summed E-state index contributed by atoms with van der Waals surface area (Å²) in [6.45, 7) is 5.63. The number of rotatable bonds is 5. The average molecular weight is 161 g/mol. The zero-order valence-corrected chi connectivity index (χ0v) is 7.29.